The highest BCUT2D eigenvalue weighted by Crippen LogP contribution is 2.39. The van der Waals surface area contributed by atoms with Gasteiger partial charge in [0.1, 0.15) is 22.5 Å². The normalized spacial score (nSPS) is 13.9. The third-order valence-electron chi connectivity index (χ3n) is 14.5. The van der Waals surface area contributed by atoms with Gasteiger partial charge in [-0.25, -0.2) is 0 Å². The predicted molar refractivity (Wildman–Crippen MR) is 314 cm³/mol. The summed E-state index contributed by atoms with van der Waals surface area (Å²) in [5.74, 6) is 0.993. The SMILES string of the molecule is C/C=C\c1c(C)oc2c(C)cccc12.C1=CC(c2ccc(-c3cccc4c3oc3ccccc34)cc2)NCN1.CC.Cn1c2ccccc2c2cc(-c3ccc4c(c3)c3c(n4-c4ccccc4)CCC=C3)ccc21. The summed E-state index contributed by atoms with van der Waals surface area (Å²) >= 11 is 0. The van der Waals surface area contributed by atoms with Crippen molar-refractivity contribution in [2.75, 3.05) is 6.67 Å². The van der Waals surface area contributed by atoms with E-state index in [2.05, 4.69) is 222 Å². The summed E-state index contributed by atoms with van der Waals surface area (Å²) < 4.78 is 16.6. The zero-order valence-electron chi connectivity index (χ0n) is 43.1. The Morgan fingerprint density at radius 2 is 1.27 bits per heavy atom. The van der Waals surface area contributed by atoms with Gasteiger partial charge in [0.15, 0.2) is 0 Å². The minimum Gasteiger partial charge on any atom is -0.460 e. The number of allylic oxidation sites excluding steroid dienone is 2. The number of fused-ring (bicyclic) bond motifs is 10. The molecule has 2 N–H and O–H groups in total. The summed E-state index contributed by atoms with van der Waals surface area (Å²) in [4.78, 5) is 0. The number of hydrogen-bond donors (Lipinski definition) is 2. The lowest BCUT2D eigenvalue weighted by Crippen LogP contribution is -2.32. The lowest BCUT2D eigenvalue weighted by atomic mass is 9.98. The van der Waals surface area contributed by atoms with Crippen LogP contribution in [0.25, 0.3) is 106 Å². The van der Waals surface area contributed by atoms with Crippen molar-refractivity contribution in [1.82, 2.24) is 19.8 Å². The van der Waals surface area contributed by atoms with E-state index in [0.717, 1.165) is 47.6 Å². The van der Waals surface area contributed by atoms with Crippen LogP contribution in [-0.4, -0.2) is 15.8 Å². The van der Waals surface area contributed by atoms with Crippen LogP contribution in [0.3, 0.4) is 0 Å². The number of aryl methyl sites for hydroxylation is 3. The van der Waals surface area contributed by atoms with Crippen molar-refractivity contribution in [3.8, 4) is 27.9 Å². The van der Waals surface area contributed by atoms with E-state index in [1.165, 1.54) is 99.2 Å². The largest absolute Gasteiger partial charge is 0.460 e. The molecule has 2 aliphatic rings. The van der Waals surface area contributed by atoms with E-state index in [9.17, 15) is 0 Å². The molecule has 6 heteroatoms. The molecular weight excluding hydrogens is 905 g/mol. The Bertz CT molecular complexity index is 4060. The van der Waals surface area contributed by atoms with Crippen molar-refractivity contribution in [1.29, 1.82) is 0 Å². The van der Waals surface area contributed by atoms with Gasteiger partial charge < -0.3 is 23.3 Å². The minimum absolute atomic E-state index is 0.261. The molecule has 12 aromatic rings. The lowest BCUT2D eigenvalue weighted by molar-refractivity contribution is 0.564. The second kappa shape index (κ2) is 20.9. The number of rotatable bonds is 5. The van der Waals surface area contributed by atoms with E-state index in [4.69, 9.17) is 8.83 Å². The Morgan fingerprint density at radius 3 is 2.05 bits per heavy atom. The lowest BCUT2D eigenvalue weighted by Gasteiger charge is -2.20. The van der Waals surface area contributed by atoms with Crippen LogP contribution >= 0.6 is 0 Å². The smallest absolute Gasteiger partial charge is 0.143 e. The van der Waals surface area contributed by atoms with Crippen LogP contribution in [-0.2, 0) is 13.5 Å². The molecule has 366 valence electrons. The Morgan fingerprint density at radius 1 is 0.595 bits per heavy atom. The average molecular weight is 967 g/mol. The first kappa shape index (κ1) is 47.7. The Hall–Kier alpha value is -8.58. The van der Waals surface area contributed by atoms with Gasteiger partial charge in [-0.05, 0) is 122 Å². The molecule has 5 heterocycles. The third-order valence-corrected chi connectivity index (χ3v) is 14.5. The van der Waals surface area contributed by atoms with E-state index in [-0.39, 0.29) is 6.04 Å². The molecule has 0 saturated carbocycles. The number of hydrogen-bond acceptors (Lipinski definition) is 4. The zero-order chi connectivity index (χ0) is 50.7. The molecule has 0 spiro atoms. The van der Waals surface area contributed by atoms with Gasteiger partial charge in [-0.15, -0.1) is 0 Å². The molecule has 4 aromatic heterocycles. The van der Waals surface area contributed by atoms with Crippen molar-refractivity contribution in [3.05, 3.63) is 234 Å². The molecule has 6 nitrogen and oxygen atoms in total. The number of benzene rings is 8. The highest BCUT2D eigenvalue weighted by atomic mass is 16.3. The number of para-hydroxylation sites is 5. The second-order valence-electron chi connectivity index (χ2n) is 18.9. The Labute approximate surface area is 433 Å². The van der Waals surface area contributed by atoms with E-state index >= 15 is 0 Å². The van der Waals surface area contributed by atoms with Gasteiger partial charge in [0.2, 0.25) is 0 Å². The Kier molecular flexibility index (Phi) is 13.5. The van der Waals surface area contributed by atoms with Gasteiger partial charge in [-0.3, -0.25) is 5.32 Å². The van der Waals surface area contributed by atoms with Crippen LogP contribution in [0.5, 0.6) is 0 Å². The molecule has 0 bridgehead atoms. The molecular formula is C68H62N4O2. The molecule has 0 radical (unpaired) electrons. The molecule has 0 amide bonds. The van der Waals surface area contributed by atoms with Gasteiger partial charge in [0, 0.05) is 78.5 Å². The second-order valence-corrected chi connectivity index (χ2v) is 18.9. The van der Waals surface area contributed by atoms with Crippen LogP contribution in [0, 0.1) is 13.8 Å². The van der Waals surface area contributed by atoms with Crippen LogP contribution < -0.4 is 10.6 Å². The highest BCUT2D eigenvalue weighted by molar-refractivity contribution is 6.10. The maximum absolute atomic E-state index is 6.15. The van der Waals surface area contributed by atoms with E-state index in [1.807, 2.05) is 52.1 Å². The maximum atomic E-state index is 6.15. The standard InChI is InChI=1S/C31H24N2.C22H18N2O.C13H14O.C2H6/c1-32-28-13-7-5-11-24(28)26-19-21(15-17-29(26)32)22-16-18-31-27(20-22)25-12-6-8-14-30(25)33(31)23-9-3-2-4-10-23;1-2-7-21-18(4-1)19-6-3-5-17(22(19)25-21)15-8-10-16(11-9-15)20-12-13-23-14-24-20;1-4-6-11-10(3)14-13-9(2)7-5-8-12(11)13;1-2/h2-7,9-13,15-20H,8,14H2,1H3;1-13,20,23-24H,14H2;4-8H,1-3H3;1-2H3/b;;6-4-;. The van der Waals surface area contributed by atoms with Gasteiger partial charge in [-0.1, -0.05) is 166 Å². The summed E-state index contributed by atoms with van der Waals surface area (Å²) in [5.41, 5.74) is 19.3. The topological polar surface area (TPSA) is 60.2 Å². The van der Waals surface area contributed by atoms with Crippen molar-refractivity contribution >= 4 is 77.8 Å². The van der Waals surface area contributed by atoms with Crippen LogP contribution in [0.15, 0.2) is 209 Å². The maximum Gasteiger partial charge on any atom is 0.143 e. The first-order valence-corrected chi connectivity index (χ1v) is 26.1. The molecule has 1 aliphatic carbocycles. The summed E-state index contributed by atoms with van der Waals surface area (Å²) in [6.45, 7) is 10.9. The van der Waals surface area contributed by atoms with E-state index < -0.39 is 0 Å². The quantitative estimate of drug-likeness (QED) is 0.180. The summed E-state index contributed by atoms with van der Waals surface area (Å²) in [5, 5.41) is 14.1. The highest BCUT2D eigenvalue weighted by Gasteiger charge is 2.20. The van der Waals surface area contributed by atoms with Crippen molar-refractivity contribution in [2.45, 2.75) is 53.5 Å². The van der Waals surface area contributed by atoms with Crippen LogP contribution in [0.4, 0.5) is 0 Å². The minimum atomic E-state index is 0.261. The number of furan rings is 2. The number of nitrogens with one attached hydrogen (secondary N) is 2. The fourth-order valence-corrected chi connectivity index (χ4v) is 10.9. The molecule has 0 fully saturated rings. The van der Waals surface area contributed by atoms with Crippen molar-refractivity contribution in [2.24, 2.45) is 7.05 Å². The third kappa shape index (κ3) is 8.82. The van der Waals surface area contributed by atoms with Gasteiger partial charge in [0.25, 0.3) is 0 Å². The fourth-order valence-electron chi connectivity index (χ4n) is 10.9. The summed E-state index contributed by atoms with van der Waals surface area (Å²) in [6.07, 6.45) is 15.1. The van der Waals surface area contributed by atoms with Crippen molar-refractivity contribution < 1.29 is 8.83 Å². The number of nitrogens with zero attached hydrogens (tertiary/aromatic N) is 2. The zero-order valence-corrected chi connectivity index (χ0v) is 43.1. The first-order chi connectivity index (χ1) is 36.4. The molecule has 74 heavy (non-hydrogen) atoms. The molecule has 1 aliphatic heterocycles. The molecule has 8 aromatic carbocycles. The van der Waals surface area contributed by atoms with Gasteiger partial charge in [0.05, 0.1) is 18.2 Å². The first-order valence-electron chi connectivity index (χ1n) is 26.1. The molecule has 1 atom stereocenters. The van der Waals surface area contributed by atoms with Gasteiger partial charge >= 0.3 is 0 Å². The van der Waals surface area contributed by atoms with E-state index in [0.29, 0.717) is 0 Å². The number of aromatic nitrogens is 2. The van der Waals surface area contributed by atoms with Crippen molar-refractivity contribution in [3.63, 3.8) is 0 Å². The van der Waals surface area contributed by atoms with Crippen LogP contribution in [0.2, 0.25) is 0 Å². The molecule has 1 unspecified atom stereocenters. The molecule has 0 saturated heterocycles. The summed E-state index contributed by atoms with van der Waals surface area (Å²) in [6, 6.07) is 63.1. The van der Waals surface area contributed by atoms with E-state index in [1.54, 1.807) is 0 Å². The monoisotopic (exact) mass is 966 g/mol. The van der Waals surface area contributed by atoms with Crippen LogP contribution in [0.1, 0.15) is 66.9 Å². The Balaban J connectivity index is 0.000000126. The predicted octanol–water partition coefficient (Wildman–Crippen LogP) is 18.0. The molecule has 14 rings (SSSR count). The van der Waals surface area contributed by atoms with Gasteiger partial charge in [-0.2, -0.15) is 0 Å². The summed E-state index contributed by atoms with van der Waals surface area (Å²) in [7, 11) is 2.15. The fraction of sp³-hybridized carbons (Fsp3) is 0.147. The average Bonchev–Trinajstić information content (AvgIpc) is 4.20.